The smallest absolute Gasteiger partial charge is 0.253 e. The van der Waals surface area contributed by atoms with Gasteiger partial charge in [0, 0.05) is 69.8 Å². The van der Waals surface area contributed by atoms with Crippen LogP contribution in [0.1, 0.15) is 43.1 Å². The molecule has 2 aromatic carbocycles. The number of hydrogen-bond acceptors (Lipinski definition) is 5. The molecule has 2 amide bonds. The van der Waals surface area contributed by atoms with E-state index in [0.29, 0.717) is 24.4 Å². The van der Waals surface area contributed by atoms with Crippen LogP contribution >= 0.6 is 0 Å². The number of carbonyl (C=O) groups excluding carboxylic acids is 2. The Balaban J connectivity index is 1.73. The Bertz CT molecular complexity index is 948. The second-order valence-electron chi connectivity index (χ2n) is 9.79. The average Bonchev–Trinajstić information content (AvgIpc) is 2.82. The van der Waals surface area contributed by atoms with Crippen molar-refractivity contribution in [1.29, 1.82) is 0 Å². The first kappa shape index (κ1) is 25.7. The Morgan fingerprint density at radius 3 is 2.35 bits per heavy atom. The van der Waals surface area contributed by atoms with Gasteiger partial charge in [-0.2, -0.15) is 0 Å². The van der Waals surface area contributed by atoms with E-state index in [4.69, 9.17) is 4.74 Å². The van der Waals surface area contributed by atoms with Gasteiger partial charge in [-0.3, -0.25) is 14.5 Å². The molecule has 7 heteroatoms. The molecule has 0 bridgehead atoms. The van der Waals surface area contributed by atoms with Crippen LogP contribution in [0.5, 0.6) is 0 Å². The highest BCUT2D eigenvalue weighted by molar-refractivity contribution is 6.02. The lowest BCUT2D eigenvalue weighted by molar-refractivity contribution is -0.123. The molecule has 0 unspecified atom stereocenters. The van der Waals surface area contributed by atoms with E-state index < -0.39 is 5.41 Å². The predicted molar refractivity (Wildman–Crippen MR) is 137 cm³/mol. The summed E-state index contributed by atoms with van der Waals surface area (Å²) in [5, 5.41) is 5.95. The van der Waals surface area contributed by atoms with Gasteiger partial charge in [0.1, 0.15) is 0 Å². The molecule has 1 heterocycles. The minimum atomic E-state index is -0.518. The van der Waals surface area contributed by atoms with E-state index >= 15 is 0 Å². The maximum absolute atomic E-state index is 13.1. The zero-order valence-corrected chi connectivity index (χ0v) is 20.9. The van der Waals surface area contributed by atoms with Crippen LogP contribution in [0, 0.1) is 5.41 Å². The van der Waals surface area contributed by atoms with Crippen LogP contribution in [-0.2, 0) is 16.1 Å². The van der Waals surface area contributed by atoms with E-state index in [2.05, 4.69) is 44.7 Å². The van der Waals surface area contributed by atoms with Gasteiger partial charge in [0.05, 0.1) is 5.56 Å². The largest absolute Gasteiger partial charge is 0.385 e. The fourth-order valence-corrected chi connectivity index (χ4v) is 3.89. The first-order chi connectivity index (χ1) is 16.3. The summed E-state index contributed by atoms with van der Waals surface area (Å²) in [7, 11) is 1.65. The number of methoxy groups -OCH3 is 1. The second-order valence-corrected chi connectivity index (χ2v) is 9.79. The zero-order valence-electron chi connectivity index (χ0n) is 20.9. The van der Waals surface area contributed by atoms with E-state index in [1.54, 1.807) is 13.2 Å². The molecular weight excluding hydrogens is 428 g/mol. The topological polar surface area (TPSA) is 73.9 Å². The molecule has 1 fully saturated rings. The molecule has 3 rings (SSSR count). The maximum Gasteiger partial charge on any atom is 0.253 e. The van der Waals surface area contributed by atoms with Crippen molar-refractivity contribution in [1.82, 2.24) is 10.2 Å². The van der Waals surface area contributed by atoms with Crippen molar-refractivity contribution in [3.8, 4) is 0 Å². The molecule has 2 N–H and O–H groups in total. The molecular formula is C27H38N4O3. The summed E-state index contributed by atoms with van der Waals surface area (Å²) < 4.78 is 5.08. The Kier molecular flexibility index (Phi) is 9.07. The van der Waals surface area contributed by atoms with E-state index in [9.17, 15) is 9.59 Å². The molecule has 7 nitrogen and oxygen atoms in total. The van der Waals surface area contributed by atoms with Gasteiger partial charge in [0.25, 0.3) is 5.91 Å². The molecule has 1 aliphatic heterocycles. The molecule has 2 aromatic rings. The number of ether oxygens (including phenoxy) is 1. The quantitative estimate of drug-likeness (QED) is 0.551. The monoisotopic (exact) mass is 466 g/mol. The Morgan fingerprint density at radius 1 is 1.00 bits per heavy atom. The van der Waals surface area contributed by atoms with Crippen molar-refractivity contribution >= 4 is 23.2 Å². The van der Waals surface area contributed by atoms with Gasteiger partial charge in [0.2, 0.25) is 5.91 Å². The van der Waals surface area contributed by atoms with Gasteiger partial charge in [-0.05, 0) is 30.2 Å². The Hall–Kier alpha value is -2.90. The molecule has 0 aliphatic carbocycles. The molecule has 0 radical (unpaired) electrons. The fourth-order valence-electron chi connectivity index (χ4n) is 3.89. The molecule has 184 valence electrons. The van der Waals surface area contributed by atoms with Crippen LogP contribution < -0.4 is 15.5 Å². The van der Waals surface area contributed by atoms with Crippen LogP contribution in [0.15, 0.2) is 48.5 Å². The van der Waals surface area contributed by atoms with Crippen LogP contribution in [0.2, 0.25) is 0 Å². The van der Waals surface area contributed by atoms with E-state index in [-0.39, 0.29) is 11.8 Å². The Labute approximate surface area is 203 Å². The van der Waals surface area contributed by atoms with Crippen molar-refractivity contribution in [2.24, 2.45) is 5.41 Å². The van der Waals surface area contributed by atoms with Gasteiger partial charge in [-0.15, -0.1) is 0 Å². The number of carbonyl (C=O) groups is 2. The van der Waals surface area contributed by atoms with Crippen molar-refractivity contribution in [3.63, 3.8) is 0 Å². The summed E-state index contributed by atoms with van der Waals surface area (Å²) in [6, 6.07) is 16.1. The number of anilines is 2. The summed E-state index contributed by atoms with van der Waals surface area (Å²) in [4.78, 5) is 30.3. The van der Waals surface area contributed by atoms with Crippen LogP contribution in [0.4, 0.5) is 11.4 Å². The standard InChI is InChI=1S/C27H38N4O3/c1-27(2,3)26(33)29-22-11-12-24(23(19-22)25(32)28-13-8-18-34-4)31-16-14-30(15-17-31)20-21-9-6-5-7-10-21/h5-7,9-12,19H,8,13-18,20H2,1-4H3,(H,28,32)(H,29,33). The number of benzene rings is 2. The lowest BCUT2D eigenvalue weighted by Crippen LogP contribution is -2.46. The first-order valence-corrected chi connectivity index (χ1v) is 12.0. The lowest BCUT2D eigenvalue weighted by Gasteiger charge is -2.37. The highest BCUT2D eigenvalue weighted by Gasteiger charge is 2.24. The molecule has 1 aliphatic rings. The van der Waals surface area contributed by atoms with Crippen molar-refractivity contribution in [3.05, 3.63) is 59.7 Å². The second kappa shape index (κ2) is 12.0. The zero-order chi connectivity index (χ0) is 24.6. The number of nitrogens with one attached hydrogen (secondary N) is 2. The SMILES string of the molecule is COCCCNC(=O)c1cc(NC(=O)C(C)(C)C)ccc1N1CCN(Cc2ccccc2)CC1. The molecule has 0 aromatic heterocycles. The van der Waals surface area contributed by atoms with Crippen molar-refractivity contribution < 1.29 is 14.3 Å². The maximum atomic E-state index is 13.1. The average molecular weight is 467 g/mol. The third-order valence-corrected chi connectivity index (χ3v) is 5.95. The molecule has 34 heavy (non-hydrogen) atoms. The van der Waals surface area contributed by atoms with Crippen LogP contribution in [-0.4, -0.2) is 63.2 Å². The fraction of sp³-hybridized carbons (Fsp3) is 0.481. The Morgan fingerprint density at radius 2 is 1.71 bits per heavy atom. The molecule has 0 saturated carbocycles. The van der Waals surface area contributed by atoms with E-state index in [1.807, 2.05) is 39.0 Å². The van der Waals surface area contributed by atoms with Gasteiger partial charge in [-0.1, -0.05) is 51.1 Å². The number of amides is 2. The summed E-state index contributed by atoms with van der Waals surface area (Å²) in [6.45, 7) is 11.2. The third-order valence-electron chi connectivity index (χ3n) is 5.95. The highest BCUT2D eigenvalue weighted by Crippen LogP contribution is 2.27. The lowest BCUT2D eigenvalue weighted by atomic mass is 9.95. The van der Waals surface area contributed by atoms with Crippen LogP contribution in [0.3, 0.4) is 0 Å². The highest BCUT2D eigenvalue weighted by atomic mass is 16.5. The summed E-state index contributed by atoms with van der Waals surface area (Å²) in [5.74, 6) is -0.217. The van der Waals surface area contributed by atoms with Crippen molar-refractivity contribution in [2.75, 3.05) is 56.7 Å². The minimum absolute atomic E-state index is 0.0822. The van der Waals surface area contributed by atoms with E-state index in [0.717, 1.165) is 44.8 Å². The van der Waals surface area contributed by atoms with Gasteiger partial charge >= 0.3 is 0 Å². The van der Waals surface area contributed by atoms with Crippen LogP contribution in [0.25, 0.3) is 0 Å². The molecule has 0 atom stereocenters. The number of rotatable bonds is 9. The van der Waals surface area contributed by atoms with Gasteiger partial charge in [0.15, 0.2) is 0 Å². The summed E-state index contributed by atoms with van der Waals surface area (Å²) in [6.07, 6.45) is 0.746. The number of piperazine rings is 1. The minimum Gasteiger partial charge on any atom is -0.385 e. The predicted octanol–water partition coefficient (Wildman–Crippen LogP) is 3.76. The molecule has 1 saturated heterocycles. The normalized spacial score (nSPS) is 14.6. The van der Waals surface area contributed by atoms with Gasteiger partial charge in [-0.25, -0.2) is 0 Å². The first-order valence-electron chi connectivity index (χ1n) is 12.0. The number of hydrogen-bond donors (Lipinski definition) is 2. The summed E-state index contributed by atoms with van der Waals surface area (Å²) >= 11 is 0. The third kappa shape index (κ3) is 7.30. The van der Waals surface area contributed by atoms with Gasteiger partial charge < -0.3 is 20.3 Å². The number of nitrogens with zero attached hydrogens (tertiary/aromatic N) is 2. The molecule has 0 spiro atoms. The van der Waals surface area contributed by atoms with Crippen molar-refractivity contribution in [2.45, 2.75) is 33.7 Å². The van der Waals surface area contributed by atoms with E-state index in [1.165, 1.54) is 5.56 Å². The summed E-state index contributed by atoms with van der Waals surface area (Å²) in [5.41, 5.74) is 2.91.